The Labute approximate surface area is 140 Å². The van der Waals surface area contributed by atoms with Gasteiger partial charge in [-0.15, -0.1) is 11.3 Å². The Bertz CT molecular complexity index is 639. The molecule has 2 aromatic rings. The van der Waals surface area contributed by atoms with Crippen LogP contribution in [0, 0.1) is 6.92 Å². The van der Waals surface area contributed by atoms with Gasteiger partial charge in [-0.05, 0) is 31.7 Å². The molecule has 0 unspecified atom stereocenters. The van der Waals surface area contributed by atoms with Gasteiger partial charge in [0.1, 0.15) is 5.01 Å². The molecule has 1 aliphatic heterocycles. The molecule has 1 aliphatic rings. The molecule has 23 heavy (non-hydrogen) atoms. The fourth-order valence-electron chi connectivity index (χ4n) is 2.97. The van der Waals surface area contributed by atoms with Crippen molar-refractivity contribution in [1.29, 1.82) is 0 Å². The second kappa shape index (κ2) is 7.12. The Kier molecular flexibility index (Phi) is 4.95. The molecule has 1 saturated heterocycles. The Morgan fingerprint density at radius 1 is 1.57 bits per heavy atom. The largest absolute Gasteiger partial charge is 0.329 e. The molecule has 3 heterocycles. The van der Waals surface area contributed by atoms with Crippen LogP contribution in [0.4, 0.5) is 4.79 Å². The minimum atomic E-state index is -0.00479. The van der Waals surface area contributed by atoms with Gasteiger partial charge in [0.15, 0.2) is 0 Å². The number of aromatic nitrogens is 3. The molecule has 0 radical (unpaired) electrons. The van der Waals surface area contributed by atoms with Gasteiger partial charge >= 0.3 is 6.03 Å². The lowest BCUT2D eigenvalue weighted by atomic mass is 10.1. The zero-order valence-corrected chi connectivity index (χ0v) is 14.4. The first-order valence-corrected chi connectivity index (χ1v) is 9.01. The van der Waals surface area contributed by atoms with Crippen molar-refractivity contribution >= 4 is 17.4 Å². The molecule has 2 atom stereocenters. The van der Waals surface area contributed by atoms with Crippen molar-refractivity contribution < 1.29 is 4.79 Å². The number of nitrogens with one attached hydrogen (secondary N) is 1. The summed E-state index contributed by atoms with van der Waals surface area (Å²) < 4.78 is 1.99. The van der Waals surface area contributed by atoms with Crippen LogP contribution < -0.4 is 5.32 Å². The first kappa shape index (κ1) is 16.0. The molecule has 124 valence electrons. The molecule has 0 aromatic carbocycles. The molecule has 1 N–H and O–H groups in total. The average Bonchev–Trinajstić information content (AvgIpc) is 3.24. The highest BCUT2D eigenvalue weighted by molar-refractivity contribution is 7.09. The Morgan fingerprint density at radius 3 is 3.09 bits per heavy atom. The van der Waals surface area contributed by atoms with Crippen LogP contribution in [0.15, 0.2) is 24.0 Å². The Balaban J connectivity index is 1.62. The first-order chi connectivity index (χ1) is 11.2. The topological polar surface area (TPSA) is 63.1 Å². The number of nitrogens with zero attached hydrogens (tertiary/aromatic N) is 4. The van der Waals surface area contributed by atoms with Crippen molar-refractivity contribution in [3.63, 3.8) is 0 Å². The molecule has 2 aromatic heterocycles. The highest BCUT2D eigenvalue weighted by Gasteiger charge is 2.27. The predicted octanol–water partition coefficient (Wildman–Crippen LogP) is 3.15. The van der Waals surface area contributed by atoms with E-state index in [1.165, 1.54) is 0 Å². The van der Waals surface area contributed by atoms with E-state index in [1.807, 2.05) is 28.1 Å². The SMILES string of the molecule is CC[C@@H](NC(=O)N1CCC[C@H](n2cc(C)cn2)C1)c1nccs1. The smallest absolute Gasteiger partial charge is 0.318 e. The van der Waals surface area contributed by atoms with Gasteiger partial charge in [0.05, 0.1) is 18.3 Å². The molecule has 1 fully saturated rings. The average molecular weight is 333 g/mol. The molecule has 7 heteroatoms. The van der Waals surface area contributed by atoms with Gasteiger partial charge in [0.2, 0.25) is 0 Å². The standard InChI is InChI=1S/C16H23N5OS/c1-3-14(15-17-6-8-23-15)19-16(22)20-7-4-5-13(11-20)21-10-12(2)9-18-21/h6,8-10,13-14H,3-5,7,11H2,1-2H3,(H,19,22)/t13-,14+/m0/s1. The fourth-order valence-corrected chi connectivity index (χ4v) is 3.75. The van der Waals surface area contributed by atoms with Crippen LogP contribution in [0.3, 0.4) is 0 Å². The minimum absolute atomic E-state index is 0.000582. The maximum absolute atomic E-state index is 12.6. The molecular formula is C16H23N5OS. The third kappa shape index (κ3) is 3.72. The van der Waals surface area contributed by atoms with E-state index in [-0.39, 0.29) is 18.1 Å². The number of amides is 2. The summed E-state index contributed by atoms with van der Waals surface area (Å²) in [6.07, 6.45) is 8.62. The number of thiazole rings is 1. The van der Waals surface area contributed by atoms with Crippen LogP contribution in [0.1, 0.15) is 48.8 Å². The summed E-state index contributed by atoms with van der Waals surface area (Å²) >= 11 is 1.59. The number of urea groups is 1. The molecule has 2 amide bonds. The van der Waals surface area contributed by atoms with Gasteiger partial charge < -0.3 is 10.2 Å². The van der Waals surface area contributed by atoms with E-state index in [1.54, 1.807) is 17.5 Å². The second-order valence-electron chi connectivity index (χ2n) is 6.02. The fraction of sp³-hybridized carbons (Fsp3) is 0.562. The summed E-state index contributed by atoms with van der Waals surface area (Å²) in [4.78, 5) is 18.8. The number of hydrogen-bond donors (Lipinski definition) is 1. The lowest BCUT2D eigenvalue weighted by Crippen LogP contribution is -2.46. The molecule has 0 spiro atoms. The zero-order valence-electron chi connectivity index (χ0n) is 13.6. The Morgan fingerprint density at radius 2 is 2.43 bits per heavy atom. The molecule has 6 nitrogen and oxygen atoms in total. The summed E-state index contributed by atoms with van der Waals surface area (Å²) in [6.45, 7) is 5.62. The minimum Gasteiger partial charge on any atom is -0.329 e. The number of carbonyl (C=O) groups excluding carboxylic acids is 1. The van der Waals surface area contributed by atoms with Gasteiger partial charge in [-0.3, -0.25) is 4.68 Å². The quantitative estimate of drug-likeness (QED) is 0.935. The van der Waals surface area contributed by atoms with Crippen LogP contribution in [0.5, 0.6) is 0 Å². The number of hydrogen-bond acceptors (Lipinski definition) is 4. The van der Waals surface area contributed by atoms with Gasteiger partial charge in [-0.25, -0.2) is 9.78 Å². The highest BCUT2D eigenvalue weighted by Crippen LogP contribution is 2.23. The summed E-state index contributed by atoms with van der Waals surface area (Å²) in [5.41, 5.74) is 1.15. The van der Waals surface area contributed by atoms with E-state index in [0.29, 0.717) is 6.54 Å². The maximum Gasteiger partial charge on any atom is 0.318 e. The van der Waals surface area contributed by atoms with E-state index in [0.717, 1.165) is 36.4 Å². The number of aryl methyl sites for hydroxylation is 1. The number of piperidine rings is 1. The molecular weight excluding hydrogens is 310 g/mol. The maximum atomic E-state index is 12.6. The lowest BCUT2D eigenvalue weighted by Gasteiger charge is -2.33. The normalized spacial score (nSPS) is 19.6. The first-order valence-electron chi connectivity index (χ1n) is 8.13. The van der Waals surface area contributed by atoms with Crippen LogP contribution in [0.2, 0.25) is 0 Å². The van der Waals surface area contributed by atoms with E-state index in [2.05, 4.69) is 28.5 Å². The number of rotatable bonds is 4. The summed E-state index contributed by atoms with van der Waals surface area (Å²) in [5, 5.41) is 10.4. The van der Waals surface area contributed by atoms with Crippen molar-refractivity contribution in [3.05, 3.63) is 34.5 Å². The van der Waals surface area contributed by atoms with Crippen molar-refractivity contribution in [2.75, 3.05) is 13.1 Å². The lowest BCUT2D eigenvalue weighted by molar-refractivity contribution is 0.160. The van der Waals surface area contributed by atoms with E-state index in [4.69, 9.17) is 0 Å². The van der Waals surface area contributed by atoms with E-state index < -0.39 is 0 Å². The third-order valence-electron chi connectivity index (χ3n) is 4.24. The third-order valence-corrected chi connectivity index (χ3v) is 5.13. The molecule has 0 bridgehead atoms. The van der Waals surface area contributed by atoms with Crippen molar-refractivity contribution in [3.8, 4) is 0 Å². The van der Waals surface area contributed by atoms with E-state index >= 15 is 0 Å². The summed E-state index contributed by atoms with van der Waals surface area (Å²) in [6, 6.07) is 0.263. The number of carbonyl (C=O) groups is 1. The van der Waals surface area contributed by atoms with Crippen molar-refractivity contribution in [2.45, 2.75) is 45.2 Å². The van der Waals surface area contributed by atoms with Gasteiger partial charge in [0.25, 0.3) is 0 Å². The van der Waals surface area contributed by atoms with E-state index in [9.17, 15) is 4.79 Å². The molecule has 0 saturated carbocycles. The monoisotopic (exact) mass is 333 g/mol. The van der Waals surface area contributed by atoms with Crippen LogP contribution in [-0.2, 0) is 0 Å². The summed E-state index contributed by atoms with van der Waals surface area (Å²) in [7, 11) is 0. The predicted molar refractivity (Wildman–Crippen MR) is 90.5 cm³/mol. The van der Waals surface area contributed by atoms with Crippen LogP contribution in [0.25, 0.3) is 0 Å². The molecule has 3 rings (SSSR count). The van der Waals surface area contributed by atoms with Crippen LogP contribution in [-0.4, -0.2) is 38.8 Å². The van der Waals surface area contributed by atoms with Gasteiger partial charge in [-0.1, -0.05) is 6.92 Å². The van der Waals surface area contributed by atoms with Gasteiger partial charge in [0, 0.05) is 30.9 Å². The van der Waals surface area contributed by atoms with Gasteiger partial charge in [-0.2, -0.15) is 5.10 Å². The summed E-state index contributed by atoms with van der Waals surface area (Å²) in [5.74, 6) is 0. The second-order valence-corrected chi connectivity index (χ2v) is 6.95. The van der Waals surface area contributed by atoms with Crippen molar-refractivity contribution in [2.24, 2.45) is 0 Å². The molecule has 0 aliphatic carbocycles. The number of likely N-dealkylation sites (tertiary alicyclic amines) is 1. The van der Waals surface area contributed by atoms with Crippen molar-refractivity contribution in [1.82, 2.24) is 25.0 Å². The highest BCUT2D eigenvalue weighted by atomic mass is 32.1. The zero-order chi connectivity index (χ0) is 16.2. The Hall–Kier alpha value is -1.89. The van der Waals surface area contributed by atoms with Crippen LogP contribution >= 0.6 is 11.3 Å².